The SMILES string of the molecule is CCNCc1nn(-c2ccccc2)c2c1[C@H](c1ccc(F)cc1)[C@H](NC(=O)c1cccc(C(F)(F)F)c1)C(=O)N2CC. The summed E-state index contributed by atoms with van der Waals surface area (Å²) in [6, 6.07) is 17.7. The maximum atomic E-state index is 14.2. The number of halogens is 4. The summed E-state index contributed by atoms with van der Waals surface area (Å²) in [6.07, 6.45) is -4.64. The fourth-order valence-electron chi connectivity index (χ4n) is 5.29. The number of likely N-dealkylation sites (N-methyl/N-ethyl adjacent to an activating group) is 1. The Labute approximate surface area is 240 Å². The molecule has 1 aliphatic heterocycles. The van der Waals surface area contributed by atoms with Crippen LogP contribution in [0.3, 0.4) is 0 Å². The number of anilines is 1. The van der Waals surface area contributed by atoms with Crippen molar-refractivity contribution in [2.75, 3.05) is 18.0 Å². The average molecular weight is 580 g/mol. The summed E-state index contributed by atoms with van der Waals surface area (Å²) in [5.74, 6) is -2.08. The summed E-state index contributed by atoms with van der Waals surface area (Å²) in [7, 11) is 0. The number of benzene rings is 3. The van der Waals surface area contributed by atoms with Crippen LogP contribution in [0, 0.1) is 5.82 Å². The highest BCUT2D eigenvalue weighted by atomic mass is 19.4. The van der Waals surface area contributed by atoms with E-state index < -0.39 is 41.3 Å². The van der Waals surface area contributed by atoms with E-state index in [2.05, 4.69) is 10.6 Å². The zero-order chi connectivity index (χ0) is 30.0. The van der Waals surface area contributed by atoms with E-state index in [1.807, 2.05) is 37.3 Å². The lowest BCUT2D eigenvalue weighted by Crippen LogP contribution is -2.55. The van der Waals surface area contributed by atoms with Gasteiger partial charge in [0.1, 0.15) is 17.7 Å². The van der Waals surface area contributed by atoms with E-state index in [0.29, 0.717) is 41.4 Å². The van der Waals surface area contributed by atoms with E-state index in [1.165, 1.54) is 23.1 Å². The Bertz CT molecular complexity index is 1590. The summed E-state index contributed by atoms with van der Waals surface area (Å²) in [5, 5.41) is 10.9. The quantitative estimate of drug-likeness (QED) is 0.273. The Morgan fingerprint density at radius 3 is 2.33 bits per heavy atom. The Hall–Kier alpha value is -4.51. The predicted molar refractivity (Wildman–Crippen MR) is 150 cm³/mol. The second-order valence-corrected chi connectivity index (χ2v) is 9.85. The van der Waals surface area contributed by atoms with E-state index in [9.17, 15) is 27.2 Å². The van der Waals surface area contributed by atoms with E-state index in [-0.39, 0.29) is 12.1 Å². The molecule has 3 aromatic carbocycles. The minimum atomic E-state index is -4.64. The molecule has 0 aliphatic carbocycles. The first kappa shape index (κ1) is 29.0. The summed E-state index contributed by atoms with van der Waals surface area (Å²) < 4.78 is 55.8. The van der Waals surface area contributed by atoms with Crippen molar-refractivity contribution in [1.29, 1.82) is 0 Å². The molecule has 0 saturated heterocycles. The third kappa shape index (κ3) is 5.52. The van der Waals surface area contributed by atoms with Gasteiger partial charge in [0.25, 0.3) is 11.8 Å². The summed E-state index contributed by atoms with van der Waals surface area (Å²) in [5.41, 5.74) is 1.32. The molecule has 0 unspecified atom stereocenters. The predicted octanol–water partition coefficient (Wildman–Crippen LogP) is 5.44. The highest BCUT2D eigenvalue weighted by Gasteiger charge is 2.46. The maximum Gasteiger partial charge on any atom is 0.416 e. The maximum absolute atomic E-state index is 14.2. The van der Waals surface area contributed by atoms with E-state index in [0.717, 1.165) is 18.2 Å². The van der Waals surface area contributed by atoms with Crippen molar-refractivity contribution >= 4 is 17.6 Å². The molecule has 4 aromatic rings. The Morgan fingerprint density at radius 2 is 1.69 bits per heavy atom. The number of aromatic nitrogens is 2. The number of hydrogen-bond acceptors (Lipinski definition) is 4. The molecule has 0 fully saturated rings. The lowest BCUT2D eigenvalue weighted by atomic mass is 9.80. The molecule has 1 aliphatic rings. The molecular formula is C31H29F4N5O2. The molecule has 0 saturated carbocycles. The van der Waals surface area contributed by atoms with Crippen LogP contribution in [-0.2, 0) is 17.5 Å². The van der Waals surface area contributed by atoms with Gasteiger partial charge < -0.3 is 10.6 Å². The molecule has 2 amide bonds. The van der Waals surface area contributed by atoms with Crippen LogP contribution in [0.5, 0.6) is 0 Å². The third-order valence-electron chi connectivity index (χ3n) is 7.23. The topological polar surface area (TPSA) is 79.3 Å². The van der Waals surface area contributed by atoms with Crippen molar-refractivity contribution in [2.24, 2.45) is 0 Å². The van der Waals surface area contributed by atoms with Gasteiger partial charge in [-0.3, -0.25) is 14.5 Å². The van der Waals surface area contributed by atoms with Gasteiger partial charge in [0.15, 0.2) is 0 Å². The molecule has 11 heteroatoms. The summed E-state index contributed by atoms with van der Waals surface area (Å²) in [6.45, 7) is 4.95. The van der Waals surface area contributed by atoms with Crippen LogP contribution in [0.4, 0.5) is 23.4 Å². The molecule has 42 heavy (non-hydrogen) atoms. The smallest absolute Gasteiger partial charge is 0.339 e. The summed E-state index contributed by atoms with van der Waals surface area (Å²) in [4.78, 5) is 29.1. The highest BCUT2D eigenvalue weighted by Crippen LogP contribution is 2.43. The third-order valence-corrected chi connectivity index (χ3v) is 7.23. The Balaban J connectivity index is 1.69. The van der Waals surface area contributed by atoms with Gasteiger partial charge in [-0.2, -0.15) is 18.3 Å². The second kappa shape index (κ2) is 11.8. The number of alkyl halides is 3. The van der Waals surface area contributed by atoms with Gasteiger partial charge in [-0.15, -0.1) is 0 Å². The molecule has 2 heterocycles. The van der Waals surface area contributed by atoms with Crippen LogP contribution in [0.25, 0.3) is 5.69 Å². The van der Waals surface area contributed by atoms with Crippen molar-refractivity contribution in [3.05, 3.63) is 113 Å². The molecule has 0 spiro atoms. The fraction of sp³-hybridized carbons (Fsp3) is 0.258. The van der Waals surface area contributed by atoms with E-state index in [4.69, 9.17) is 5.10 Å². The van der Waals surface area contributed by atoms with Gasteiger partial charge in [0, 0.05) is 30.1 Å². The number of rotatable bonds is 8. The molecule has 2 N–H and O–H groups in total. The normalized spacial score (nSPS) is 16.8. The van der Waals surface area contributed by atoms with Crippen LogP contribution < -0.4 is 15.5 Å². The van der Waals surface area contributed by atoms with Crippen LogP contribution >= 0.6 is 0 Å². The molecule has 0 bridgehead atoms. The van der Waals surface area contributed by atoms with Crippen molar-refractivity contribution in [3.63, 3.8) is 0 Å². The lowest BCUT2D eigenvalue weighted by molar-refractivity contribution is -0.137. The van der Waals surface area contributed by atoms with Crippen LogP contribution in [0.2, 0.25) is 0 Å². The van der Waals surface area contributed by atoms with Crippen molar-refractivity contribution in [1.82, 2.24) is 20.4 Å². The molecule has 0 radical (unpaired) electrons. The van der Waals surface area contributed by atoms with Crippen molar-refractivity contribution in [2.45, 2.75) is 38.5 Å². The van der Waals surface area contributed by atoms with E-state index >= 15 is 0 Å². The molecule has 7 nitrogen and oxygen atoms in total. The van der Waals surface area contributed by atoms with Gasteiger partial charge >= 0.3 is 6.18 Å². The zero-order valence-corrected chi connectivity index (χ0v) is 23.0. The first-order chi connectivity index (χ1) is 20.1. The number of nitrogens with one attached hydrogen (secondary N) is 2. The monoisotopic (exact) mass is 579 g/mol. The first-order valence-electron chi connectivity index (χ1n) is 13.6. The van der Waals surface area contributed by atoms with Gasteiger partial charge in [-0.1, -0.05) is 43.3 Å². The van der Waals surface area contributed by atoms with Crippen molar-refractivity contribution < 1.29 is 27.2 Å². The lowest BCUT2D eigenvalue weighted by Gasteiger charge is -2.38. The molecule has 5 rings (SSSR count). The average Bonchev–Trinajstić information content (AvgIpc) is 3.36. The zero-order valence-electron chi connectivity index (χ0n) is 23.0. The minimum absolute atomic E-state index is 0.233. The number of hydrogen-bond donors (Lipinski definition) is 2. The van der Waals surface area contributed by atoms with Crippen LogP contribution in [0.1, 0.15) is 52.5 Å². The number of fused-ring (bicyclic) bond motifs is 1. The largest absolute Gasteiger partial charge is 0.416 e. The number of carbonyl (C=O) groups excluding carboxylic acids is 2. The molecular weight excluding hydrogens is 550 g/mol. The number of para-hydroxylation sites is 1. The minimum Gasteiger partial charge on any atom is -0.339 e. The molecule has 1 aromatic heterocycles. The summed E-state index contributed by atoms with van der Waals surface area (Å²) >= 11 is 0. The van der Waals surface area contributed by atoms with Crippen LogP contribution in [0.15, 0.2) is 78.9 Å². The number of carbonyl (C=O) groups is 2. The fourth-order valence-corrected chi connectivity index (χ4v) is 5.29. The second-order valence-electron chi connectivity index (χ2n) is 9.85. The standard InChI is InChI=1S/C31H29F4N5O2/c1-3-36-18-24-26-25(19-13-15-22(32)16-14-19)27(37-28(41)20-9-8-10-21(17-20)31(33,34)35)30(42)39(4-2)29(26)40(38-24)23-11-6-5-7-12-23/h5-17,25,27,36H,3-4,18H2,1-2H3,(H,37,41)/t25-,27-/m0/s1. The number of amides is 2. The molecule has 218 valence electrons. The van der Waals surface area contributed by atoms with Gasteiger partial charge in [-0.25, -0.2) is 9.07 Å². The van der Waals surface area contributed by atoms with Gasteiger partial charge in [0.05, 0.1) is 16.9 Å². The highest BCUT2D eigenvalue weighted by molar-refractivity contribution is 6.05. The van der Waals surface area contributed by atoms with Gasteiger partial charge in [0.2, 0.25) is 0 Å². The molecule has 2 atom stereocenters. The van der Waals surface area contributed by atoms with E-state index in [1.54, 1.807) is 23.7 Å². The first-order valence-corrected chi connectivity index (χ1v) is 13.6. The van der Waals surface area contributed by atoms with Crippen LogP contribution in [-0.4, -0.2) is 40.7 Å². The Kier molecular flexibility index (Phi) is 8.13. The van der Waals surface area contributed by atoms with Gasteiger partial charge in [-0.05, 0) is 61.5 Å². The van der Waals surface area contributed by atoms with Crippen molar-refractivity contribution in [3.8, 4) is 5.69 Å². The number of nitrogens with zero attached hydrogens (tertiary/aromatic N) is 3. The Morgan fingerprint density at radius 1 is 0.976 bits per heavy atom.